The summed E-state index contributed by atoms with van der Waals surface area (Å²) in [7, 11) is 0. The summed E-state index contributed by atoms with van der Waals surface area (Å²) >= 11 is 1.13. The molecule has 0 radical (unpaired) electrons. The third-order valence-corrected chi connectivity index (χ3v) is 4.89. The zero-order chi connectivity index (χ0) is 20.8. The summed E-state index contributed by atoms with van der Waals surface area (Å²) < 4.78 is 43.4. The Bertz CT molecular complexity index is 1230. The molecule has 8 nitrogen and oxygen atoms in total. The number of aromatic carboxylic acids is 1. The number of rotatable bonds is 5. The number of aromatic nitrogens is 4. The molecule has 0 bridgehead atoms. The Balaban J connectivity index is 1.68. The second-order valence-corrected chi connectivity index (χ2v) is 6.90. The summed E-state index contributed by atoms with van der Waals surface area (Å²) in [6.45, 7) is 2.38. The zero-order valence-corrected chi connectivity index (χ0v) is 15.5. The average molecular weight is 423 g/mol. The van der Waals surface area contributed by atoms with Gasteiger partial charge in [-0.1, -0.05) is 11.3 Å². The minimum absolute atomic E-state index is 0.0157. The van der Waals surface area contributed by atoms with Gasteiger partial charge >= 0.3 is 12.3 Å². The van der Waals surface area contributed by atoms with E-state index < -0.39 is 12.3 Å². The molecule has 0 aliphatic rings. The van der Waals surface area contributed by atoms with Gasteiger partial charge in [-0.2, -0.15) is 0 Å². The van der Waals surface area contributed by atoms with Crippen LogP contribution in [-0.4, -0.2) is 37.0 Å². The van der Waals surface area contributed by atoms with Crippen LogP contribution in [0.2, 0.25) is 0 Å². The van der Waals surface area contributed by atoms with E-state index in [0.29, 0.717) is 39.0 Å². The predicted octanol–water partition coefficient (Wildman–Crippen LogP) is 4.40. The van der Waals surface area contributed by atoms with E-state index in [9.17, 15) is 18.0 Å². The largest absolute Gasteiger partial charge is 0.573 e. The molecule has 0 saturated carbocycles. The number of fused-ring (bicyclic) bond motifs is 2. The van der Waals surface area contributed by atoms with Gasteiger partial charge < -0.3 is 15.2 Å². The Hall–Kier alpha value is -3.41. The number of halogens is 3. The van der Waals surface area contributed by atoms with E-state index in [0.717, 1.165) is 11.3 Å². The third kappa shape index (κ3) is 3.78. The van der Waals surface area contributed by atoms with E-state index in [-0.39, 0.29) is 11.3 Å². The lowest BCUT2D eigenvalue weighted by molar-refractivity contribution is -0.274. The van der Waals surface area contributed by atoms with Crippen LogP contribution in [0, 0.1) is 0 Å². The molecule has 0 spiro atoms. The molecule has 0 unspecified atom stereocenters. The van der Waals surface area contributed by atoms with Gasteiger partial charge in [-0.15, -0.1) is 13.2 Å². The van der Waals surface area contributed by atoms with Crippen molar-refractivity contribution >= 4 is 49.8 Å². The first kappa shape index (κ1) is 18.9. The van der Waals surface area contributed by atoms with Crippen molar-refractivity contribution in [2.45, 2.75) is 19.8 Å². The lowest BCUT2D eigenvalue weighted by Crippen LogP contribution is -2.16. The maximum absolute atomic E-state index is 12.4. The number of thiazole rings is 1. The average Bonchev–Trinajstić information content (AvgIpc) is 3.19. The topological polar surface area (TPSA) is 102 Å². The van der Waals surface area contributed by atoms with Gasteiger partial charge in [0.15, 0.2) is 10.8 Å². The first-order valence-corrected chi connectivity index (χ1v) is 9.08. The van der Waals surface area contributed by atoms with Crippen LogP contribution in [0.4, 0.5) is 24.3 Å². The first-order valence-electron chi connectivity index (χ1n) is 8.26. The molecule has 4 aromatic rings. The van der Waals surface area contributed by atoms with Crippen molar-refractivity contribution in [1.29, 1.82) is 0 Å². The monoisotopic (exact) mass is 423 g/mol. The SMILES string of the molecule is CCn1c(Nc2nc3ccc(OC(F)(F)F)cc3s2)nc2cc(C(=O)O)cnc21. The molecule has 0 saturated heterocycles. The summed E-state index contributed by atoms with van der Waals surface area (Å²) in [4.78, 5) is 24.0. The number of carboxylic acid groups (broad SMARTS) is 1. The summed E-state index contributed by atoms with van der Waals surface area (Å²) in [5, 5.41) is 12.5. The van der Waals surface area contributed by atoms with Crippen LogP contribution >= 0.6 is 11.3 Å². The summed E-state index contributed by atoms with van der Waals surface area (Å²) in [6.07, 6.45) is -3.52. The summed E-state index contributed by atoms with van der Waals surface area (Å²) in [5.41, 5.74) is 1.41. The number of nitrogens with one attached hydrogen (secondary N) is 1. The Morgan fingerprint density at radius 3 is 2.76 bits per heavy atom. The molecule has 3 aromatic heterocycles. The fourth-order valence-electron chi connectivity index (χ4n) is 2.77. The van der Waals surface area contributed by atoms with Crippen molar-refractivity contribution in [1.82, 2.24) is 19.5 Å². The number of hydrogen-bond acceptors (Lipinski definition) is 7. The summed E-state index contributed by atoms with van der Waals surface area (Å²) in [6, 6.07) is 5.30. The predicted molar refractivity (Wildman–Crippen MR) is 99.7 cm³/mol. The molecule has 0 aliphatic heterocycles. The number of carbonyl (C=O) groups is 1. The molecule has 0 amide bonds. The number of hydrogen-bond donors (Lipinski definition) is 2. The van der Waals surface area contributed by atoms with E-state index in [1.807, 2.05) is 6.92 Å². The van der Waals surface area contributed by atoms with Crippen molar-refractivity contribution in [2.75, 3.05) is 5.32 Å². The highest BCUT2D eigenvalue weighted by Gasteiger charge is 2.31. The van der Waals surface area contributed by atoms with Crippen LogP contribution < -0.4 is 10.1 Å². The molecule has 0 atom stereocenters. The smallest absolute Gasteiger partial charge is 0.478 e. The molecule has 4 rings (SSSR count). The molecule has 150 valence electrons. The molecule has 2 N–H and O–H groups in total. The Kier molecular flexibility index (Phi) is 4.49. The highest BCUT2D eigenvalue weighted by Crippen LogP contribution is 2.33. The van der Waals surface area contributed by atoms with Crippen molar-refractivity contribution < 1.29 is 27.8 Å². The van der Waals surface area contributed by atoms with E-state index in [4.69, 9.17) is 5.11 Å². The van der Waals surface area contributed by atoms with Crippen molar-refractivity contribution in [2.24, 2.45) is 0 Å². The van der Waals surface area contributed by atoms with Crippen LogP contribution in [0.1, 0.15) is 17.3 Å². The van der Waals surface area contributed by atoms with Crippen LogP contribution in [0.15, 0.2) is 30.5 Å². The zero-order valence-electron chi connectivity index (χ0n) is 14.7. The van der Waals surface area contributed by atoms with E-state index in [2.05, 4.69) is 25.0 Å². The fraction of sp³-hybridized carbons (Fsp3) is 0.176. The molecule has 3 heterocycles. The van der Waals surface area contributed by atoms with Crippen LogP contribution in [0.5, 0.6) is 5.75 Å². The van der Waals surface area contributed by atoms with Crippen molar-refractivity contribution in [3.05, 3.63) is 36.0 Å². The second kappa shape index (κ2) is 6.88. The normalized spacial score (nSPS) is 11.9. The molecule has 1 aromatic carbocycles. The standard InChI is InChI=1S/C17H12F3N5O3S/c1-2-25-13-11(5-8(7-21-13)14(26)27)22-15(25)24-16-23-10-4-3-9(6-12(10)29-16)28-17(18,19)20/h3-7H,2H2,1H3,(H,26,27)(H,22,23,24). The van der Waals surface area contributed by atoms with Crippen molar-refractivity contribution in [3.8, 4) is 5.75 Å². The third-order valence-electron chi connectivity index (χ3n) is 3.96. The van der Waals surface area contributed by atoms with Gasteiger partial charge in [0.25, 0.3) is 0 Å². The van der Waals surface area contributed by atoms with Gasteiger partial charge in [-0.3, -0.25) is 4.57 Å². The molecule has 12 heteroatoms. The number of benzene rings is 1. The fourth-order valence-corrected chi connectivity index (χ4v) is 3.66. The number of imidazole rings is 1. The maximum atomic E-state index is 12.4. The summed E-state index contributed by atoms with van der Waals surface area (Å²) in [5.74, 6) is -1.04. The second-order valence-electron chi connectivity index (χ2n) is 5.87. The van der Waals surface area contributed by atoms with Gasteiger partial charge in [-0.05, 0) is 25.1 Å². The maximum Gasteiger partial charge on any atom is 0.573 e. The number of anilines is 2. The Morgan fingerprint density at radius 1 is 1.28 bits per heavy atom. The minimum atomic E-state index is -4.77. The molecular weight excluding hydrogens is 411 g/mol. The van der Waals surface area contributed by atoms with Crippen LogP contribution in [-0.2, 0) is 6.54 Å². The number of alkyl halides is 3. The number of aryl methyl sites for hydroxylation is 1. The number of carboxylic acids is 1. The van der Waals surface area contributed by atoms with Gasteiger partial charge in [0.1, 0.15) is 11.3 Å². The lowest BCUT2D eigenvalue weighted by Gasteiger charge is -2.07. The Morgan fingerprint density at radius 2 is 2.07 bits per heavy atom. The number of pyridine rings is 1. The van der Waals surface area contributed by atoms with Gasteiger partial charge in [0.05, 0.1) is 15.8 Å². The number of ether oxygens (including phenoxy) is 1. The minimum Gasteiger partial charge on any atom is -0.478 e. The van der Waals surface area contributed by atoms with Crippen LogP contribution in [0.25, 0.3) is 21.4 Å². The van der Waals surface area contributed by atoms with E-state index in [1.165, 1.54) is 30.5 Å². The van der Waals surface area contributed by atoms with Crippen molar-refractivity contribution in [3.63, 3.8) is 0 Å². The lowest BCUT2D eigenvalue weighted by atomic mass is 10.3. The molecule has 0 fully saturated rings. The van der Waals surface area contributed by atoms with Gasteiger partial charge in [-0.25, -0.2) is 19.7 Å². The number of nitrogens with zero attached hydrogens (tertiary/aromatic N) is 4. The molecule has 0 aliphatic carbocycles. The Labute approximate surface area is 164 Å². The highest BCUT2D eigenvalue weighted by molar-refractivity contribution is 7.22. The van der Waals surface area contributed by atoms with Gasteiger partial charge in [0.2, 0.25) is 5.95 Å². The van der Waals surface area contributed by atoms with Gasteiger partial charge in [0, 0.05) is 18.8 Å². The first-order chi connectivity index (χ1) is 13.7. The van der Waals surface area contributed by atoms with E-state index >= 15 is 0 Å². The molecular formula is C17H12F3N5O3S. The van der Waals surface area contributed by atoms with Crippen LogP contribution in [0.3, 0.4) is 0 Å². The molecule has 29 heavy (non-hydrogen) atoms. The quantitative estimate of drug-likeness (QED) is 0.490. The highest BCUT2D eigenvalue weighted by atomic mass is 32.1. The van der Waals surface area contributed by atoms with E-state index in [1.54, 1.807) is 4.57 Å².